The molecular weight excluding hydrogens is 324 g/mol. The van der Waals surface area contributed by atoms with Gasteiger partial charge in [-0.05, 0) is 42.0 Å². The number of hydrogen-bond acceptors (Lipinski definition) is 6. The van der Waals surface area contributed by atoms with Crippen molar-refractivity contribution in [3.05, 3.63) is 51.7 Å². The third-order valence-corrected chi connectivity index (χ3v) is 4.69. The van der Waals surface area contributed by atoms with Crippen LogP contribution < -0.4 is 5.32 Å². The molecule has 0 spiro atoms. The van der Waals surface area contributed by atoms with E-state index in [9.17, 15) is 4.79 Å². The molecule has 8 heteroatoms. The number of thiazole rings is 1. The molecule has 2 heterocycles. The molecule has 0 fully saturated rings. The van der Waals surface area contributed by atoms with Crippen LogP contribution in [0.5, 0.6) is 0 Å². The zero-order valence-corrected chi connectivity index (χ0v) is 14.4. The molecule has 0 aliphatic heterocycles. The first-order chi connectivity index (χ1) is 11.7. The van der Waals surface area contributed by atoms with E-state index in [0.717, 1.165) is 29.2 Å². The molecular formula is C16H18N6OS. The normalized spacial score (nSPS) is 10.8. The van der Waals surface area contributed by atoms with Gasteiger partial charge in [0, 0.05) is 23.4 Å². The Hall–Kier alpha value is -2.61. The standard InChI is InChI=1S/C16H18N6OS/c1-3-14-11(2)24-15(19-14)7-8-17-16(23)12-5-4-6-13(9-12)22-10-18-20-21-22/h4-6,9-10H,3,7-8H2,1-2H3,(H,17,23). The number of tetrazole rings is 1. The lowest BCUT2D eigenvalue weighted by Gasteiger charge is -2.06. The molecule has 1 amide bonds. The Balaban J connectivity index is 1.60. The quantitative estimate of drug-likeness (QED) is 0.740. The number of nitrogens with one attached hydrogen (secondary N) is 1. The Kier molecular flexibility index (Phi) is 4.95. The van der Waals surface area contributed by atoms with Crippen LogP contribution in [0.3, 0.4) is 0 Å². The lowest BCUT2D eigenvalue weighted by molar-refractivity contribution is 0.0954. The Labute approximate surface area is 143 Å². The molecule has 0 radical (unpaired) electrons. The molecule has 0 bridgehead atoms. The highest BCUT2D eigenvalue weighted by Crippen LogP contribution is 2.18. The first-order valence-electron chi connectivity index (χ1n) is 7.74. The number of benzene rings is 1. The fourth-order valence-electron chi connectivity index (χ4n) is 2.38. The van der Waals surface area contributed by atoms with Crippen molar-refractivity contribution < 1.29 is 4.79 Å². The smallest absolute Gasteiger partial charge is 0.251 e. The van der Waals surface area contributed by atoms with Crippen molar-refractivity contribution in [3.63, 3.8) is 0 Å². The number of nitrogens with zero attached hydrogens (tertiary/aromatic N) is 5. The molecule has 0 unspecified atom stereocenters. The fourth-order valence-corrected chi connectivity index (χ4v) is 3.40. The van der Waals surface area contributed by atoms with Crippen LogP contribution in [0.15, 0.2) is 30.6 Å². The first-order valence-corrected chi connectivity index (χ1v) is 8.56. The number of rotatable bonds is 6. The second-order valence-electron chi connectivity index (χ2n) is 5.27. The summed E-state index contributed by atoms with van der Waals surface area (Å²) in [7, 11) is 0. The Morgan fingerprint density at radius 2 is 2.25 bits per heavy atom. The van der Waals surface area contributed by atoms with E-state index in [1.807, 2.05) is 12.1 Å². The van der Waals surface area contributed by atoms with Gasteiger partial charge in [0.2, 0.25) is 0 Å². The molecule has 2 aromatic heterocycles. The van der Waals surface area contributed by atoms with Gasteiger partial charge in [-0.1, -0.05) is 13.0 Å². The number of carbonyl (C=O) groups is 1. The van der Waals surface area contributed by atoms with Gasteiger partial charge in [-0.2, -0.15) is 0 Å². The van der Waals surface area contributed by atoms with Crippen LogP contribution in [0.1, 0.15) is 32.9 Å². The van der Waals surface area contributed by atoms with Crippen LogP contribution in [-0.4, -0.2) is 37.6 Å². The van der Waals surface area contributed by atoms with E-state index < -0.39 is 0 Å². The predicted molar refractivity (Wildman–Crippen MR) is 91.4 cm³/mol. The van der Waals surface area contributed by atoms with E-state index in [0.29, 0.717) is 12.1 Å². The lowest BCUT2D eigenvalue weighted by atomic mass is 10.2. The predicted octanol–water partition coefficient (Wildman–Crippen LogP) is 1.96. The van der Waals surface area contributed by atoms with E-state index >= 15 is 0 Å². The van der Waals surface area contributed by atoms with Gasteiger partial charge in [-0.15, -0.1) is 16.4 Å². The molecule has 1 aromatic carbocycles. The highest BCUT2D eigenvalue weighted by atomic mass is 32.1. The highest BCUT2D eigenvalue weighted by molar-refractivity contribution is 7.11. The third kappa shape index (κ3) is 3.65. The van der Waals surface area contributed by atoms with E-state index in [-0.39, 0.29) is 5.91 Å². The van der Waals surface area contributed by atoms with Gasteiger partial charge in [0.05, 0.1) is 16.4 Å². The van der Waals surface area contributed by atoms with Crippen molar-refractivity contribution in [2.45, 2.75) is 26.7 Å². The summed E-state index contributed by atoms with van der Waals surface area (Å²) in [6.45, 7) is 4.75. The van der Waals surface area contributed by atoms with Crippen LogP contribution in [0.4, 0.5) is 0 Å². The summed E-state index contributed by atoms with van der Waals surface area (Å²) >= 11 is 1.70. The van der Waals surface area contributed by atoms with Gasteiger partial charge in [-0.3, -0.25) is 4.79 Å². The van der Waals surface area contributed by atoms with E-state index in [1.54, 1.807) is 23.5 Å². The van der Waals surface area contributed by atoms with Gasteiger partial charge in [0.25, 0.3) is 5.91 Å². The number of aryl methyl sites for hydroxylation is 2. The van der Waals surface area contributed by atoms with Crippen LogP contribution in [0.2, 0.25) is 0 Å². The molecule has 0 saturated carbocycles. The van der Waals surface area contributed by atoms with Crippen LogP contribution in [0, 0.1) is 6.92 Å². The van der Waals surface area contributed by atoms with Gasteiger partial charge in [-0.25, -0.2) is 9.67 Å². The maximum atomic E-state index is 12.3. The molecule has 0 saturated heterocycles. The van der Waals surface area contributed by atoms with Crippen LogP contribution >= 0.6 is 11.3 Å². The zero-order chi connectivity index (χ0) is 16.9. The SMILES string of the molecule is CCc1nc(CCNC(=O)c2cccc(-n3cnnn3)c2)sc1C. The summed E-state index contributed by atoms with van der Waals surface area (Å²) in [6.07, 6.45) is 3.18. The second-order valence-corrected chi connectivity index (χ2v) is 6.56. The number of hydrogen-bond donors (Lipinski definition) is 1. The van der Waals surface area contributed by atoms with Crippen LogP contribution in [-0.2, 0) is 12.8 Å². The maximum Gasteiger partial charge on any atom is 0.251 e. The van der Waals surface area contributed by atoms with Gasteiger partial charge in [0.1, 0.15) is 6.33 Å². The molecule has 0 aliphatic rings. The summed E-state index contributed by atoms with van der Waals surface area (Å²) in [5, 5.41) is 15.0. The fraction of sp³-hybridized carbons (Fsp3) is 0.312. The average molecular weight is 342 g/mol. The zero-order valence-electron chi connectivity index (χ0n) is 13.6. The van der Waals surface area contributed by atoms with E-state index in [2.05, 4.69) is 39.7 Å². The Morgan fingerprint density at radius 1 is 1.38 bits per heavy atom. The topological polar surface area (TPSA) is 85.6 Å². The van der Waals surface area contributed by atoms with Crippen molar-refractivity contribution in [3.8, 4) is 5.69 Å². The molecule has 3 rings (SSSR count). The summed E-state index contributed by atoms with van der Waals surface area (Å²) in [5.74, 6) is -0.117. The number of carbonyl (C=O) groups excluding carboxylic acids is 1. The summed E-state index contributed by atoms with van der Waals surface area (Å²) in [4.78, 5) is 18.1. The summed E-state index contributed by atoms with van der Waals surface area (Å²) < 4.78 is 1.52. The molecule has 124 valence electrons. The molecule has 7 nitrogen and oxygen atoms in total. The highest BCUT2D eigenvalue weighted by Gasteiger charge is 2.09. The van der Waals surface area contributed by atoms with Crippen molar-refractivity contribution in [2.75, 3.05) is 6.54 Å². The maximum absolute atomic E-state index is 12.3. The molecule has 24 heavy (non-hydrogen) atoms. The van der Waals surface area contributed by atoms with Gasteiger partial charge in [0.15, 0.2) is 0 Å². The van der Waals surface area contributed by atoms with E-state index in [4.69, 9.17) is 0 Å². The van der Waals surface area contributed by atoms with Crippen molar-refractivity contribution in [2.24, 2.45) is 0 Å². The average Bonchev–Trinajstić information content (AvgIpc) is 3.24. The Morgan fingerprint density at radius 3 is 2.96 bits per heavy atom. The molecule has 0 aliphatic carbocycles. The monoisotopic (exact) mass is 342 g/mol. The summed E-state index contributed by atoms with van der Waals surface area (Å²) in [6, 6.07) is 7.18. The van der Waals surface area contributed by atoms with Crippen molar-refractivity contribution in [1.82, 2.24) is 30.5 Å². The van der Waals surface area contributed by atoms with E-state index in [1.165, 1.54) is 15.9 Å². The third-order valence-electron chi connectivity index (χ3n) is 3.62. The largest absolute Gasteiger partial charge is 0.352 e. The summed E-state index contributed by atoms with van der Waals surface area (Å²) in [5.41, 5.74) is 2.47. The minimum atomic E-state index is -0.117. The minimum Gasteiger partial charge on any atom is -0.352 e. The molecule has 3 aromatic rings. The van der Waals surface area contributed by atoms with Crippen molar-refractivity contribution >= 4 is 17.2 Å². The lowest BCUT2D eigenvalue weighted by Crippen LogP contribution is -2.25. The van der Waals surface area contributed by atoms with Crippen LogP contribution in [0.25, 0.3) is 5.69 Å². The Bertz CT molecular complexity index is 827. The molecule has 0 atom stereocenters. The first kappa shape index (κ1) is 16.3. The van der Waals surface area contributed by atoms with Gasteiger partial charge >= 0.3 is 0 Å². The van der Waals surface area contributed by atoms with Crippen molar-refractivity contribution in [1.29, 1.82) is 0 Å². The second kappa shape index (κ2) is 7.31. The minimum absolute atomic E-state index is 0.117. The molecule has 1 N–H and O–H groups in total. The number of aromatic nitrogens is 5. The van der Waals surface area contributed by atoms with Gasteiger partial charge < -0.3 is 5.32 Å². The number of amides is 1.